The summed E-state index contributed by atoms with van der Waals surface area (Å²) in [5.74, 6) is 0. The van der Waals surface area contributed by atoms with Crippen LogP contribution in [0.15, 0.2) is 206 Å². The summed E-state index contributed by atoms with van der Waals surface area (Å²) in [7, 11) is 0. The highest BCUT2D eigenvalue weighted by atomic mass is 32.2. The van der Waals surface area contributed by atoms with Gasteiger partial charge in [0, 0.05) is 52.4 Å². The first-order chi connectivity index (χ1) is 30.5. The van der Waals surface area contributed by atoms with E-state index < -0.39 is 0 Å². The van der Waals surface area contributed by atoms with Gasteiger partial charge in [0.2, 0.25) is 6.71 Å². The molecule has 1 aliphatic carbocycles. The number of rotatable bonds is 3. The van der Waals surface area contributed by atoms with E-state index in [1.807, 2.05) is 23.5 Å². The van der Waals surface area contributed by atoms with Crippen LogP contribution in [0.4, 0.5) is 0 Å². The average Bonchev–Trinajstić information content (AvgIpc) is 3.94. The summed E-state index contributed by atoms with van der Waals surface area (Å²) < 4.78 is 9.63. The van der Waals surface area contributed by atoms with Crippen LogP contribution >= 0.6 is 23.5 Å². The fraction of sp³-hybridized carbons (Fsp3) is 0.0526. The Kier molecular flexibility index (Phi) is 7.17. The molecular weight excluding hydrogens is 790 g/mol. The van der Waals surface area contributed by atoms with Gasteiger partial charge in [-0.15, -0.1) is 0 Å². The van der Waals surface area contributed by atoms with Gasteiger partial charge in [-0.3, -0.25) is 0 Å². The lowest BCUT2D eigenvalue weighted by atomic mass is 9.36. The molecule has 0 amide bonds. The third-order valence-corrected chi connectivity index (χ3v) is 16.1. The van der Waals surface area contributed by atoms with Gasteiger partial charge < -0.3 is 8.98 Å². The molecule has 0 bridgehead atoms. The van der Waals surface area contributed by atoms with Crippen LogP contribution in [0.25, 0.3) is 82.8 Å². The van der Waals surface area contributed by atoms with Crippen molar-refractivity contribution in [2.75, 3.05) is 0 Å². The van der Waals surface area contributed by atoms with Crippen LogP contribution in [-0.4, -0.2) is 11.3 Å². The van der Waals surface area contributed by atoms with Crippen LogP contribution < -0.4 is 16.4 Å². The van der Waals surface area contributed by atoms with E-state index in [1.165, 1.54) is 113 Å². The van der Waals surface area contributed by atoms with E-state index in [-0.39, 0.29) is 12.1 Å². The number of hydrogen-bond acceptors (Lipinski definition) is 3. The smallest absolute Gasteiger partial charge is 0.247 e. The van der Waals surface area contributed by atoms with Gasteiger partial charge in [0.15, 0.2) is 0 Å². The lowest BCUT2D eigenvalue weighted by molar-refractivity contribution is 0.658. The van der Waals surface area contributed by atoms with Gasteiger partial charge in [0.1, 0.15) is 11.2 Å². The lowest BCUT2D eigenvalue weighted by Crippen LogP contribution is -2.58. The summed E-state index contributed by atoms with van der Waals surface area (Å²) in [5.41, 5.74) is 19.6. The van der Waals surface area contributed by atoms with E-state index in [0.717, 1.165) is 16.6 Å². The summed E-state index contributed by atoms with van der Waals surface area (Å²) in [5, 5.41) is 4.91. The molecule has 14 rings (SSSR count). The molecule has 0 N–H and O–H groups in total. The summed E-state index contributed by atoms with van der Waals surface area (Å²) >= 11 is 3.86. The minimum atomic E-state index is -0.243. The molecule has 2 nitrogen and oxygen atoms in total. The molecule has 0 radical (unpaired) electrons. The molecule has 0 saturated heterocycles. The van der Waals surface area contributed by atoms with Gasteiger partial charge in [-0.1, -0.05) is 194 Å². The molecule has 2 aliphatic heterocycles. The minimum absolute atomic E-state index is 0.126. The average molecular weight is 826 g/mol. The van der Waals surface area contributed by atoms with Gasteiger partial charge in [0.05, 0.1) is 16.4 Å². The molecule has 5 heteroatoms. The van der Waals surface area contributed by atoms with Gasteiger partial charge in [-0.05, 0) is 80.8 Å². The highest BCUT2D eigenvalue weighted by molar-refractivity contribution is 8.01. The second kappa shape index (κ2) is 12.7. The summed E-state index contributed by atoms with van der Waals surface area (Å²) in [6, 6.07) is 67.5. The Morgan fingerprint density at radius 3 is 1.77 bits per heavy atom. The summed E-state index contributed by atoms with van der Waals surface area (Å²) in [4.78, 5) is 5.27. The molecule has 0 unspecified atom stereocenters. The third kappa shape index (κ3) is 4.70. The van der Waals surface area contributed by atoms with Crippen LogP contribution in [0.1, 0.15) is 25.0 Å². The van der Waals surface area contributed by atoms with Crippen molar-refractivity contribution < 1.29 is 4.42 Å². The molecule has 2 aromatic heterocycles. The van der Waals surface area contributed by atoms with Gasteiger partial charge in [-0.2, -0.15) is 0 Å². The van der Waals surface area contributed by atoms with E-state index >= 15 is 0 Å². The van der Waals surface area contributed by atoms with E-state index in [9.17, 15) is 0 Å². The van der Waals surface area contributed by atoms with Crippen molar-refractivity contribution in [1.82, 2.24) is 4.57 Å². The normalized spacial score (nSPS) is 14.3. The second-order valence-corrected chi connectivity index (χ2v) is 19.7. The maximum absolute atomic E-state index is 7.05. The first kappa shape index (κ1) is 35.0. The fourth-order valence-electron chi connectivity index (χ4n) is 11.2. The zero-order valence-electron chi connectivity index (χ0n) is 34.1. The van der Waals surface area contributed by atoms with Crippen molar-refractivity contribution >= 4 is 90.4 Å². The number of hydrogen-bond donors (Lipinski definition) is 0. The zero-order valence-corrected chi connectivity index (χ0v) is 35.7. The molecule has 0 atom stereocenters. The Morgan fingerprint density at radius 1 is 0.516 bits per heavy atom. The Morgan fingerprint density at radius 2 is 1.10 bits per heavy atom. The third-order valence-electron chi connectivity index (χ3n) is 13.9. The van der Waals surface area contributed by atoms with Crippen molar-refractivity contribution in [2.45, 2.75) is 38.8 Å². The van der Waals surface area contributed by atoms with Crippen molar-refractivity contribution in [2.24, 2.45) is 0 Å². The lowest BCUT2D eigenvalue weighted by Gasteiger charge is -2.34. The van der Waals surface area contributed by atoms with Crippen molar-refractivity contribution in [3.63, 3.8) is 0 Å². The number of fused-ring (bicyclic) bond motifs is 16. The van der Waals surface area contributed by atoms with Crippen molar-refractivity contribution in [1.29, 1.82) is 0 Å². The zero-order chi connectivity index (χ0) is 40.8. The number of benzene rings is 9. The molecule has 3 aliphatic rings. The molecule has 9 aromatic carbocycles. The van der Waals surface area contributed by atoms with Crippen LogP contribution in [0.3, 0.4) is 0 Å². The molecule has 11 aromatic rings. The van der Waals surface area contributed by atoms with E-state index in [0.29, 0.717) is 0 Å². The second-order valence-electron chi connectivity index (χ2n) is 17.5. The topological polar surface area (TPSA) is 18.1 Å². The first-order valence-electron chi connectivity index (χ1n) is 21.4. The summed E-state index contributed by atoms with van der Waals surface area (Å²) in [6.07, 6.45) is 0. The van der Waals surface area contributed by atoms with E-state index in [2.05, 4.69) is 200 Å². The monoisotopic (exact) mass is 825 g/mol. The molecule has 0 saturated carbocycles. The molecule has 0 spiro atoms. The largest absolute Gasteiger partial charge is 0.455 e. The van der Waals surface area contributed by atoms with Gasteiger partial charge in [-0.25, -0.2) is 0 Å². The predicted octanol–water partition coefficient (Wildman–Crippen LogP) is 13.8. The Bertz CT molecular complexity index is 3620. The first-order valence-corrected chi connectivity index (χ1v) is 23.1. The predicted molar refractivity (Wildman–Crippen MR) is 262 cm³/mol. The molecular formula is C57H36BNOS2. The Labute approximate surface area is 368 Å². The highest BCUT2D eigenvalue weighted by Crippen LogP contribution is 2.58. The highest BCUT2D eigenvalue weighted by Gasteiger charge is 2.42. The minimum Gasteiger partial charge on any atom is -0.455 e. The van der Waals surface area contributed by atoms with Crippen LogP contribution in [0, 0.1) is 0 Å². The van der Waals surface area contributed by atoms with Crippen molar-refractivity contribution in [3.05, 3.63) is 193 Å². The Hall–Kier alpha value is -6.66. The molecule has 290 valence electrons. The summed E-state index contributed by atoms with van der Waals surface area (Å²) in [6.45, 7) is 4.92. The van der Waals surface area contributed by atoms with Crippen LogP contribution in [0.5, 0.6) is 0 Å². The van der Waals surface area contributed by atoms with Crippen molar-refractivity contribution in [3.8, 4) is 39.1 Å². The maximum atomic E-state index is 7.05. The number of para-hydroxylation sites is 2. The van der Waals surface area contributed by atoms with Crippen LogP contribution in [0.2, 0.25) is 0 Å². The van der Waals surface area contributed by atoms with Crippen LogP contribution in [-0.2, 0) is 5.41 Å². The maximum Gasteiger partial charge on any atom is 0.247 e. The quantitative estimate of drug-likeness (QED) is 0.165. The number of aromatic nitrogens is 1. The number of nitrogens with zero attached hydrogens (tertiary/aromatic N) is 1. The fourth-order valence-corrected chi connectivity index (χ4v) is 13.7. The van der Waals surface area contributed by atoms with Gasteiger partial charge in [0.25, 0.3) is 0 Å². The number of furan rings is 1. The Balaban J connectivity index is 1.08. The van der Waals surface area contributed by atoms with E-state index in [4.69, 9.17) is 4.42 Å². The standard InChI is InChI=1S/C57H36BNOS2/c1-57(2)41-22-12-9-19-38(41)51-53(57)50-39-20-10-13-23-44(39)59(55(50)52-40-21-11-14-24-45(40)60-56(51)52)37-31-48-54-49(32-37)62-47-30-36(34-17-7-4-8-18-34)26-28-43(47)58(54)42-27-25-35(29-46(42)61-48)33-15-5-3-6-16-33/h3-32H,1-2H3. The van der Waals surface area contributed by atoms with E-state index in [1.54, 1.807) is 0 Å². The SMILES string of the molecule is CC1(C)c2ccccc2-c2c1c1c3ccccc3n(-c3cc4c5c(c3)Sc3cc(-c6ccccc6)ccc3B5c3ccc(-c5ccccc5)cc3S4)c1c1c2oc2ccccc21. The molecule has 4 heterocycles. The van der Waals surface area contributed by atoms with Gasteiger partial charge >= 0.3 is 0 Å². The molecule has 0 fully saturated rings. The molecule has 62 heavy (non-hydrogen) atoms.